The molecule has 4 heterocycles. The predicted octanol–water partition coefficient (Wildman–Crippen LogP) is 1.21. The van der Waals surface area contributed by atoms with E-state index in [1.54, 1.807) is 11.7 Å². The average Bonchev–Trinajstić information content (AvgIpc) is 3.53. The number of rotatable bonds is 9. The summed E-state index contributed by atoms with van der Waals surface area (Å²) >= 11 is 1.44. The molecule has 0 saturated carbocycles. The molecule has 1 aromatic carbocycles. The van der Waals surface area contributed by atoms with Crippen LogP contribution in [0.1, 0.15) is 6.42 Å². The molecule has 0 aliphatic carbocycles. The summed E-state index contributed by atoms with van der Waals surface area (Å²) in [6.07, 6.45) is 3.25. The molecule has 0 radical (unpaired) electrons. The van der Waals surface area contributed by atoms with Crippen molar-refractivity contribution in [2.24, 2.45) is 0 Å². The van der Waals surface area contributed by atoms with Gasteiger partial charge in [0.05, 0.1) is 5.69 Å². The largest absolute Gasteiger partial charge is 0.486 e. The summed E-state index contributed by atoms with van der Waals surface area (Å²) in [7, 11) is 0. The number of fused-ring (bicyclic) bond motifs is 2. The maximum Gasteiger partial charge on any atom is 0.244 e. The highest BCUT2D eigenvalue weighted by molar-refractivity contribution is 7.99. The van der Waals surface area contributed by atoms with Crippen LogP contribution in [0, 0.1) is 0 Å². The number of ether oxygens (including phenoxy) is 2. The van der Waals surface area contributed by atoms with Crippen molar-refractivity contribution in [3.63, 3.8) is 0 Å². The number of aromatic nitrogens is 6. The molecule has 0 spiro atoms. The van der Waals surface area contributed by atoms with E-state index in [1.807, 2.05) is 22.8 Å². The Hall–Kier alpha value is -3.88. The number of nitrogens with two attached hydrogens (primary N) is 1. The van der Waals surface area contributed by atoms with Crippen LogP contribution in [0.15, 0.2) is 40.8 Å². The number of aromatic amines is 1. The van der Waals surface area contributed by atoms with Crippen LogP contribution in [0.2, 0.25) is 0 Å². The summed E-state index contributed by atoms with van der Waals surface area (Å²) in [6, 6.07) is 5.74. The first-order valence-corrected chi connectivity index (χ1v) is 11.7. The minimum Gasteiger partial charge on any atom is -0.486 e. The minimum atomic E-state index is -0.452. The van der Waals surface area contributed by atoms with Crippen molar-refractivity contribution in [2.45, 2.75) is 23.0 Å². The van der Waals surface area contributed by atoms with Gasteiger partial charge in [-0.2, -0.15) is 5.10 Å². The fraction of sp³-hybridized carbons (Fsp3) is 0.286. The van der Waals surface area contributed by atoms with Gasteiger partial charge >= 0.3 is 0 Å². The number of nitrogens with one attached hydrogen (secondary N) is 3. The van der Waals surface area contributed by atoms with Crippen LogP contribution in [-0.4, -0.2) is 67.1 Å². The molecule has 0 bridgehead atoms. The van der Waals surface area contributed by atoms with Crippen molar-refractivity contribution < 1.29 is 19.5 Å². The molecule has 0 atom stereocenters. The number of carbonyl (C=O) groups excluding carboxylic acids is 1. The van der Waals surface area contributed by atoms with E-state index in [0.717, 1.165) is 16.2 Å². The predicted molar refractivity (Wildman–Crippen MR) is 126 cm³/mol. The van der Waals surface area contributed by atoms with Crippen LogP contribution >= 0.6 is 11.8 Å². The van der Waals surface area contributed by atoms with Crippen LogP contribution in [-0.2, 0) is 11.3 Å². The van der Waals surface area contributed by atoms with Crippen molar-refractivity contribution in [3.8, 4) is 22.8 Å². The number of hydroxylamine groups is 1. The minimum absolute atomic E-state index is 0.155. The molecule has 5 rings (SSSR count). The number of hydrogen-bond acceptors (Lipinski definition) is 11. The summed E-state index contributed by atoms with van der Waals surface area (Å²) in [5.74, 6) is 1.17. The number of anilines is 1. The topological polar surface area (TPSA) is 178 Å². The van der Waals surface area contributed by atoms with Gasteiger partial charge in [0.2, 0.25) is 5.91 Å². The molecule has 13 nitrogen and oxygen atoms in total. The Morgan fingerprint density at radius 1 is 1.23 bits per heavy atom. The summed E-state index contributed by atoms with van der Waals surface area (Å²) in [5, 5.41) is 19.6. The normalized spacial score (nSPS) is 12.7. The van der Waals surface area contributed by atoms with E-state index >= 15 is 0 Å². The molecule has 0 fully saturated rings. The molecule has 0 saturated heterocycles. The summed E-state index contributed by atoms with van der Waals surface area (Å²) in [4.78, 5) is 25.3. The van der Waals surface area contributed by atoms with Gasteiger partial charge in [0.25, 0.3) is 0 Å². The Labute approximate surface area is 203 Å². The lowest BCUT2D eigenvalue weighted by molar-refractivity contribution is -0.129. The number of nitrogen functional groups attached to an aromatic ring is 1. The van der Waals surface area contributed by atoms with Gasteiger partial charge in [-0.15, -0.1) is 0 Å². The molecule has 1 aliphatic heterocycles. The zero-order valence-corrected chi connectivity index (χ0v) is 19.3. The molecule has 14 heteroatoms. The molecule has 182 valence electrons. The Morgan fingerprint density at radius 3 is 2.83 bits per heavy atom. The van der Waals surface area contributed by atoms with Gasteiger partial charge in [-0.3, -0.25) is 15.1 Å². The van der Waals surface area contributed by atoms with Gasteiger partial charge in [0.15, 0.2) is 33.6 Å². The third-order valence-electron chi connectivity index (χ3n) is 5.33. The highest BCUT2D eigenvalue weighted by Crippen LogP contribution is 2.43. The molecule has 3 aromatic heterocycles. The standard InChI is InChI=1S/C21H23N9O4S/c22-19-18-20(25-11-24-19)30(6-5-23-3-2-17(31)29-32)21(27-18)35-16-10-15-14(33-7-8-34-15)9-12(16)13-1-4-26-28-13/h1,4,9-11,23,32H,2-3,5-8H2,(H,26,28)(H,29,31)(H2,22,24,25). The van der Waals surface area contributed by atoms with E-state index in [-0.39, 0.29) is 6.42 Å². The second-order valence-electron chi connectivity index (χ2n) is 7.58. The number of carbonyl (C=O) groups is 1. The monoisotopic (exact) mass is 497 g/mol. The van der Waals surface area contributed by atoms with Crippen molar-refractivity contribution in [1.82, 2.24) is 40.5 Å². The van der Waals surface area contributed by atoms with Crippen molar-refractivity contribution in [1.29, 1.82) is 0 Å². The Balaban J connectivity index is 1.47. The third-order valence-corrected chi connectivity index (χ3v) is 6.38. The molecule has 6 N–H and O–H groups in total. The summed E-state index contributed by atoms with van der Waals surface area (Å²) in [6.45, 7) is 2.43. The maximum absolute atomic E-state index is 11.2. The van der Waals surface area contributed by atoms with Crippen LogP contribution in [0.4, 0.5) is 5.82 Å². The maximum atomic E-state index is 11.2. The lowest BCUT2D eigenvalue weighted by Gasteiger charge is -2.20. The lowest BCUT2D eigenvalue weighted by atomic mass is 10.1. The zero-order valence-electron chi connectivity index (χ0n) is 18.5. The van der Waals surface area contributed by atoms with Gasteiger partial charge in [-0.05, 0) is 18.2 Å². The van der Waals surface area contributed by atoms with E-state index in [0.29, 0.717) is 66.5 Å². The molecule has 35 heavy (non-hydrogen) atoms. The van der Waals surface area contributed by atoms with Gasteiger partial charge in [-0.25, -0.2) is 20.4 Å². The number of hydrogen-bond donors (Lipinski definition) is 5. The number of nitrogens with zero attached hydrogens (tertiary/aromatic N) is 5. The number of amides is 1. The Kier molecular flexibility index (Phi) is 6.65. The van der Waals surface area contributed by atoms with Crippen LogP contribution in [0.5, 0.6) is 11.5 Å². The molecule has 0 unspecified atom stereocenters. The smallest absolute Gasteiger partial charge is 0.244 e. The van der Waals surface area contributed by atoms with Crippen molar-refractivity contribution >= 4 is 34.7 Å². The number of imidazole rings is 1. The van der Waals surface area contributed by atoms with Crippen molar-refractivity contribution in [2.75, 3.05) is 32.0 Å². The molecular weight excluding hydrogens is 474 g/mol. The quantitative estimate of drug-likeness (QED) is 0.127. The molecule has 1 amide bonds. The zero-order chi connectivity index (χ0) is 24.2. The number of benzene rings is 1. The van der Waals surface area contributed by atoms with Gasteiger partial charge < -0.3 is 25.1 Å². The van der Waals surface area contributed by atoms with E-state index in [2.05, 4.69) is 25.5 Å². The first-order valence-electron chi connectivity index (χ1n) is 10.9. The lowest BCUT2D eigenvalue weighted by Crippen LogP contribution is -2.27. The van der Waals surface area contributed by atoms with E-state index in [4.69, 9.17) is 25.4 Å². The molecular formula is C21H23N9O4S. The first-order chi connectivity index (χ1) is 17.1. The van der Waals surface area contributed by atoms with Crippen molar-refractivity contribution in [3.05, 3.63) is 30.7 Å². The SMILES string of the molecule is Nc1ncnc2c1nc(Sc1cc3c(cc1-c1ccn[nH]1)OCCO3)n2CCNCCC(=O)NO. The summed E-state index contributed by atoms with van der Waals surface area (Å²) < 4.78 is 13.5. The van der Waals surface area contributed by atoms with Crippen LogP contribution < -0.4 is 26.0 Å². The fourth-order valence-electron chi connectivity index (χ4n) is 3.66. The second kappa shape index (κ2) is 10.2. The van der Waals surface area contributed by atoms with E-state index in [1.165, 1.54) is 18.1 Å². The van der Waals surface area contributed by atoms with Gasteiger partial charge in [0, 0.05) is 42.7 Å². The van der Waals surface area contributed by atoms with Gasteiger partial charge in [0.1, 0.15) is 19.5 Å². The molecule has 4 aromatic rings. The van der Waals surface area contributed by atoms with E-state index < -0.39 is 5.91 Å². The van der Waals surface area contributed by atoms with Crippen LogP contribution in [0.25, 0.3) is 22.4 Å². The van der Waals surface area contributed by atoms with E-state index in [9.17, 15) is 4.79 Å². The Bertz CT molecular complexity index is 1340. The third kappa shape index (κ3) is 4.84. The van der Waals surface area contributed by atoms with Crippen LogP contribution in [0.3, 0.4) is 0 Å². The Morgan fingerprint density at radius 2 is 2.06 bits per heavy atom. The highest BCUT2D eigenvalue weighted by Gasteiger charge is 2.22. The average molecular weight is 498 g/mol. The summed E-state index contributed by atoms with van der Waals surface area (Å²) in [5.41, 5.74) is 10.5. The second-order valence-corrected chi connectivity index (χ2v) is 8.59. The fourth-order valence-corrected chi connectivity index (χ4v) is 4.72. The molecule has 1 aliphatic rings. The number of H-pyrrole nitrogens is 1. The first kappa shape index (κ1) is 22.9. The van der Waals surface area contributed by atoms with Gasteiger partial charge in [-0.1, -0.05) is 11.8 Å². The highest BCUT2D eigenvalue weighted by atomic mass is 32.2.